The molecule has 1 aliphatic rings. The molecular weight excluding hydrogens is 260 g/mol. The molecule has 108 valence electrons. The van der Waals surface area contributed by atoms with Crippen molar-refractivity contribution in [2.24, 2.45) is 0 Å². The van der Waals surface area contributed by atoms with E-state index in [4.69, 9.17) is 4.74 Å². The molecule has 0 saturated carbocycles. The van der Waals surface area contributed by atoms with Crippen LogP contribution in [-0.4, -0.2) is 19.0 Å². The van der Waals surface area contributed by atoms with Gasteiger partial charge in [-0.2, -0.15) is 0 Å². The van der Waals surface area contributed by atoms with Crippen LogP contribution in [-0.2, 0) is 21.4 Å². The van der Waals surface area contributed by atoms with Crippen molar-refractivity contribution in [1.82, 2.24) is 0 Å². The van der Waals surface area contributed by atoms with Crippen LogP contribution in [0.3, 0.4) is 0 Å². The SMILES string of the molecule is O=C(Cc1ccccc1)C1(c2ccccc2)CCOCC1. The third-order valence-corrected chi connectivity index (χ3v) is 4.41. The summed E-state index contributed by atoms with van der Waals surface area (Å²) in [6.45, 7) is 1.32. The van der Waals surface area contributed by atoms with Crippen LogP contribution >= 0.6 is 0 Å². The van der Waals surface area contributed by atoms with Gasteiger partial charge in [0.15, 0.2) is 0 Å². The molecule has 3 rings (SSSR count). The second-order valence-corrected chi connectivity index (χ2v) is 5.65. The lowest BCUT2D eigenvalue weighted by atomic mass is 9.69. The molecule has 1 fully saturated rings. The van der Waals surface area contributed by atoms with Gasteiger partial charge in [-0.05, 0) is 24.0 Å². The molecule has 0 aromatic heterocycles. The minimum Gasteiger partial charge on any atom is -0.381 e. The number of hydrogen-bond acceptors (Lipinski definition) is 2. The predicted octanol–water partition coefficient (Wildman–Crippen LogP) is 3.55. The number of rotatable bonds is 4. The van der Waals surface area contributed by atoms with Crippen LogP contribution in [0.4, 0.5) is 0 Å². The maximum Gasteiger partial charge on any atom is 0.147 e. The number of carbonyl (C=O) groups excluding carboxylic acids is 1. The zero-order valence-electron chi connectivity index (χ0n) is 12.1. The Morgan fingerprint density at radius 3 is 2.10 bits per heavy atom. The van der Waals surface area contributed by atoms with Gasteiger partial charge in [0.05, 0.1) is 5.41 Å². The Balaban J connectivity index is 1.90. The first kappa shape index (κ1) is 14.0. The summed E-state index contributed by atoms with van der Waals surface area (Å²) in [5.74, 6) is 0.309. The fourth-order valence-corrected chi connectivity index (χ4v) is 3.16. The third kappa shape index (κ3) is 2.91. The molecule has 1 saturated heterocycles. The van der Waals surface area contributed by atoms with Crippen molar-refractivity contribution in [2.75, 3.05) is 13.2 Å². The Bertz CT molecular complexity index is 583. The smallest absolute Gasteiger partial charge is 0.147 e. The van der Waals surface area contributed by atoms with Gasteiger partial charge in [-0.1, -0.05) is 60.7 Å². The highest BCUT2D eigenvalue weighted by Gasteiger charge is 2.40. The lowest BCUT2D eigenvalue weighted by Gasteiger charge is -2.36. The number of ketones is 1. The average molecular weight is 280 g/mol. The van der Waals surface area contributed by atoms with Crippen LogP contribution in [0.25, 0.3) is 0 Å². The third-order valence-electron chi connectivity index (χ3n) is 4.41. The molecule has 2 aromatic rings. The number of hydrogen-bond donors (Lipinski definition) is 0. The average Bonchev–Trinajstić information content (AvgIpc) is 2.57. The predicted molar refractivity (Wildman–Crippen MR) is 83.3 cm³/mol. The monoisotopic (exact) mass is 280 g/mol. The second kappa shape index (κ2) is 6.23. The largest absolute Gasteiger partial charge is 0.381 e. The quantitative estimate of drug-likeness (QED) is 0.856. The molecule has 0 aliphatic carbocycles. The van der Waals surface area contributed by atoms with E-state index in [1.54, 1.807) is 0 Å². The normalized spacial score (nSPS) is 17.3. The minimum atomic E-state index is -0.380. The highest BCUT2D eigenvalue weighted by Crippen LogP contribution is 2.36. The molecule has 21 heavy (non-hydrogen) atoms. The van der Waals surface area contributed by atoms with Crippen LogP contribution in [0, 0.1) is 0 Å². The van der Waals surface area contributed by atoms with Crippen molar-refractivity contribution in [1.29, 1.82) is 0 Å². The maximum atomic E-state index is 13.0. The summed E-state index contributed by atoms with van der Waals surface area (Å²) in [7, 11) is 0. The van der Waals surface area contributed by atoms with Crippen molar-refractivity contribution in [3.05, 3.63) is 71.8 Å². The minimum absolute atomic E-state index is 0.309. The molecule has 0 radical (unpaired) electrons. The Morgan fingerprint density at radius 1 is 0.905 bits per heavy atom. The molecule has 1 heterocycles. The molecule has 0 bridgehead atoms. The Hall–Kier alpha value is -1.93. The van der Waals surface area contributed by atoms with E-state index in [0.717, 1.165) is 24.0 Å². The van der Waals surface area contributed by atoms with E-state index in [1.165, 1.54) is 0 Å². The van der Waals surface area contributed by atoms with Crippen LogP contribution in [0.1, 0.15) is 24.0 Å². The van der Waals surface area contributed by atoms with Crippen LogP contribution in [0.15, 0.2) is 60.7 Å². The molecule has 2 nitrogen and oxygen atoms in total. The molecule has 0 unspecified atom stereocenters. The van der Waals surface area contributed by atoms with E-state index in [9.17, 15) is 4.79 Å². The molecule has 0 amide bonds. The van der Waals surface area contributed by atoms with E-state index >= 15 is 0 Å². The molecule has 0 atom stereocenters. The summed E-state index contributed by atoms with van der Waals surface area (Å²) >= 11 is 0. The molecule has 2 aromatic carbocycles. The number of Topliss-reactive ketones (excluding diaryl/α,β-unsaturated/α-hetero) is 1. The van der Waals surface area contributed by atoms with Gasteiger partial charge in [0.2, 0.25) is 0 Å². The fourth-order valence-electron chi connectivity index (χ4n) is 3.16. The van der Waals surface area contributed by atoms with E-state index in [1.807, 2.05) is 48.5 Å². The standard InChI is InChI=1S/C19H20O2/c20-18(15-16-7-3-1-4-8-16)19(11-13-21-14-12-19)17-9-5-2-6-10-17/h1-10H,11-15H2. The maximum absolute atomic E-state index is 13.0. The summed E-state index contributed by atoms with van der Waals surface area (Å²) in [4.78, 5) is 13.0. The first-order chi connectivity index (χ1) is 10.3. The van der Waals surface area contributed by atoms with E-state index in [2.05, 4.69) is 12.1 Å². The lowest BCUT2D eigenvalue weighted by molar-refractivity contribution is -0.127. The van der Waals surface area contributed by atoms with Crippen molar-refractivity contribution < 1.29 is 9.53 Å². The van der Waals surface area contributed by atoms with E-state index < -0.39 is 0 Å². The summed E-state index contributed by atoms with van der Waals surface area (Å²) < 4.78 is 5.49. The summed E-state index contributed by atoms with van der Waals surface area (Å²) in [6.07, 6.45) is 2.06. The van der Waals surface area contributed by atoms with E-state index in [-0.39, 0.29) is 5.41 Å². The zero-order valence-corrected chi connectivity index (χ0v) is 12.1. The van der Waals surface area contributed by atoms with Crippen LogP contribution < -0.4 is 0 Å². The second-order valence-electron chi connectivity index (χ2n) is 5.65. The van der Waals surface area contributed by atoms with Gasteiger partial charge in [0, 0.05) is 19.6 Å². The highest BCUT2D eigenvalue weighted by atomic mass is 16.5. The first-order valence-corrected chi connectivity index (χ1v) is 7.52. The number of ether oxygens (including phenoxy) is 1. The van der Waals surface area contributed by atoms with Gasteiger partial charge < -0.3 is 4.74 Å². The van der Waals surface area contributed by atoms with Crippen molar-refractivity contribution in [3.8, 4) is 0 Å². The fraction of sp³-hybridized carbons (Fsp3) is 0.316. The Kier molecular flexibility index (Phi) is 4.16. The molecular formula is C19H20O2. The number of carbonyl (C=O) groups is 1. The summed E-state index contributed by atoms with van der Waals surface area (Å²) in [5.41, 5.74) is 1.84. The van der Waals surface area contributed by atoms with Gasteiger partial charge in [0.25, 0.3) is 0 Å². The summed E-state index contributed by atoms with van der Waals surface area (Å²) in [5, 5.41) is 0. The lowest BCUT2D eigenvalue weighted by Crippen LogP contribution is -2.42. The van der Waals surface area contributed by atoms with Gasteiger partial charge in [-0.15, -0.1) is 0 Å². The molecule has 0 N–H and O–H groups in total. The number of benzene rings is 2. The first-order valence-electron chi connectivity index (χ1n) is 7.52. The van der Waals surface area contributed by atoms with Crippen LogP contribution in [0.5, 0.6) is 0 Å². The van der Waals surface area contributed by atoms with E-state index in [0.29, 0.717) is 25.4 Å². The molecule has 1 aliphatic heterocycles. The van der Waals surface area contributed by atoms with Gasteiger partial charge in [-0.3, -0.25) is 4.79 Å². The topological polar surface area (TPSA) is 26.3 Å². The Morgan fingerprint density at radius 2 is 1.48 bits per heavy atom. The van der Waals surface area contributed by atoms with Gasteiger partial charge in [0.1, 0.15) is 5.78 Å². The zero-order chi connectivity index (χ0) is 14.5. The molecule has 0 spiro atoms. The van der Waals surface area contributed by atoms with Crippen LogP contribution in [0.2, 0.25) is 0 Å². The van der Waals surface area contributed by atoms with Crippen molar-refractivity contribution in [2.45, 2.75) is 24.7 Å². The van der Waals surface area contributed by atoms with Gasteiger partial charge >= 0.3 is 0 Å². The molecule has 2 heteroatoms. The van der Waals surface area contributed by atoms with Crippen molar-refractivity contribution in [3.63, 3.8) is 0 Å². The Labute approximate surface area is 125 Å². The van der Waals surface area contributed by atoms with Gasteiger partial charge in [-0.25, -0.2) is 0 Å². The van der Waals surface area contributed by atoms with Crippen molar-refractivity contribution >= 4 is 5.78 Å². The summed E-state index contributed by atoms with van der Waals surface area (Å²) in [6, 6.07) is 20.2. The highest BCUT2D eigenvalue weighted by molar-refractivity contribution is 5.92.